The molecule has 0 N–H and O–H groups in total. The Morgan fingerprint density at radius 2 is 1.85 bits per heavy atom. The Morgan fingerprint density at radius 1 is 1.38 bits per heavy atom. The smallest absolute Gasteiger partial charge is 0.137 e. The van der Waals surface area contributed by atoms with Gasteiger partial charge in [0.15, 0.2) is 0 Å². The van der Waals surface area contributed by atoms with Crippen LogP contribution in [-0.2, 0) is 4.79 Å². The minimum absolute atomic E-state index is 0.227. The van der Waals surface area contributed by atoms with E-state index in [1.165, 1.54) is 0 Å². The maximum Gasteiger partial charge on any atom is 0.137 e. The van der Waals surface area contributed by atoms with Gasteiger partial charge in [0.2, 0.25) is 0 Å². The average Bonchev–Trinajstić information content (AvgIpc) is 1.82. The van der Waals surface area contributed by atoms with Crippen molar-refractivity contribution >= 4 is 5.78 Å². The molecule has 76 valence electrons. The van der Waals surface area contributed by atoms with Crippen LogP contribution in [0.4, 0.5) is 0 Å². The van der Waals surface area contributed by atoms with Crippen LogP contribution in [0.2, 0.25) is 0 Å². The Balaban J connectivity index is 4.00. The zero-order valence-electron chi connectivity index (χ0n) is 9.61. The van der Waals surface area contributed by atoms with Gasteiger partial charge in [-0.1, -0.05) is 39.8 Å². The number of carbonyl (C=O) groups is 1. The predicted octanol–water partition coefficient (Wildman–Crippen LogP) is 3.59. The summed E-state index contributed by atoms with van der Waals surface area (Å²) in [5, 5.41) is 0. The molecule has 1 atom stereocenters. The van der Waals surface area contributed by atoms with E-state index >= 15 is 0 Å². The van der Waals surface area contributed by atoms with Crippen LogP contribution in [-0.4, -0.2) is 5.78 Å². The van der Waals surface area contributed by atoms with Gasteiger partial charge in [-0.15, -0.1) is 0 Å². The van der Waals surface area contributed by atoms with Crippen molar-refractivity contribution in [2.75, 3.05) is 0 Å². The summed E-state index contributed by atoms with van der Waals surface area (Å²) < 4.78 is 0. The molecule has 0 heterocycles. The summed E-state index contributed by atoms with van der Waals surface area (Å²) in [5.41, 5.74) is 1.19. The van der Waals surface area contributed by atoms with E-state index in [1.54, 1.807) is 0 Å². The van der Waals surface area contributed by atoms with Crippen molar-refractivity contribution in [1.82, 2.24) is 0 Å². The maximum atomic E-state index is 11.4. The lowest BCUT2D eigenvalue weighted by molar-refractivity contribution is -0.119. The maximum absolute atomic E-state index is 11.4. The Labute approximate surface area is 82.2 Å². The van der Waals surface area contributed by atoms with Crippen molar-refractivity contribution in [1.29, 1.82) is 0 Å². The Morgan fingerprint density at radius 3 is 2.15 bits per heavy atom. The van der Waals surface area contributed by atoms with Crippen molar-refractivity contribution in [3.05, 3.63) is 12.2 Å². The molecule has 0 amide bonds. The predicted molar refractivity (Wildman–Crippen MR) is 57.7 cm³/mol. The number of rotatable bonds is 4. The molecule has 1 unspecified atom stereocenters. The number of hydrogen-bond acceptors (Lipinski definition) is 1. The molecule has 0 aliphatic rings. The summed E-state index contributed by atoms with van der Waals surface area (Å²) in [4.78, 5) is 11.4. The van der Waals surface area contributed by atoms with Gasteiger partial charge >= 0.3 is 0 Å². The van der Waals surface area contributed by atoms with Crippen LogP contribution >= 0.6 is 0 Å². The lowest BCUT2D eigenvalue weighted by Crippen LogP contribution is -2.20. The molecule has 0 spiro atoms. The number of allylic oxidation sites excluding steroid dienone is 1. The molecule has 0 aliphatic carbocycles. The molecule has 13 heavy (non-hydrogen) atoms. The second-order valence-electron chi connectivity index (χ2n) is 5.14. The molecule has 0 aromatic rings. The highest BCUT2D eigenvalue weighted by atomic mass is 16.1. The summed E-state index contributed by atoms with van der Waals surface area (Å²) in [5.74, 6) is 0.759. The van der Waals surface area contributed by atoms with E-state index in [1.807, 2.05) is 6.92 Å². The summed E-state index contributed by atoms with van der Waals surface area (Å²) in [6.45, 7) is 14.3. The number of carbonyl (C=O) groups excluding carboxylic acids is 1. The summed E-state index contributed by atoms with van der Waals surface area (Å²) in [7, 11) is 0. The first-order chi connectivity index (χ1) is 5.73. The van der Waals surface area contributed by atoms with Gasteiger partial charge in [-0.3, -0.25) is 4.79 Å². The fraction of sp³-hybridized carbons (Fsp3) is 0.750. The van der Waals surface area contributed by atoms with Gasteiger partial charge < -0.3 is 0 Å². The van der Waals surface area contributed by atoms with Crippen LogP contribution < -0.4 is 0 Å². The third-order valence-corrected chi connectivity index (χ3v) is 2.51. The topological polar surface area (TPSA) is 17.1 Å². The third kappa shape index (κ3) is 5.62. The highest BCUT2D eigenvalue weighted by Gasteiger charge is 2.22. The Kier molecular flexibility index (Phi) is 4.38. The van der Waals surface area contributed by atoms with Crippen molar-refractivity contribution in [3.8, 4) is 0 Å². The first-order valence-corrected chi connectivity index (χ1v) is 4.89. The second kappa shape index (κ2) is 4.59. The van der Waals surface area contributed by atoms with Crippen LogP contribution in [0.5, 0.6) is 0 Å². The molecule has 0 aliphatic heterocycles. The molecule has 0 saturated carbocycles. The van der Waals surface area contributed by atoms with Gasteiger partial charge in [-0.05, 0) is 18.3 Å². The van der Waals surface area contributed by atoms with Gasteiger partial charge in [-0.2, -0.15) is 0 Å². The van der Waals surface area contributed by atoms with Gasteiger partial charge in [0.05, 0.1) is 0 Å². The molecule has 0 aromatic carbocycles. The molecule has 0 fully saturated rings. The van der Waals surface area contributed by atoms with E-state index in [0.29, 0.717) is 24.5 Å². The first kappa shape index (κ1) is 12.4. The summed E-state index contributed by atoms with van der Waals surface area (Å²) >= 11 is 0. The van der Waals surface area contributed by atoms with E-state index in [-0.39, 0.29) is 5.41 Å². The summed E-state index contributed by atoms with van der Waals surface area (Å²) in [6.07, 6.45) is 1.22. The van der Waals surface area contributed by atoms with Gasteiger partial charge in [0.25, 0.3) is 0 Å². The zero-order valence-corrected chi connectivity index (χ0v) is 9.61. The van der Waals surface area contributed by atoms with E-state index in [0.717, 1.165) is 5.57 Å². The minimum Gasteiger partial charge on any atom is -0.299 e. The lowest BCUT2D eigenvalue weighted by Gasteiger charge is -2.26. The monoisotopic (exact) mass is 182 g/mol. The molecule has 0 saturated heterocycles. The van der Waals surface area contributed by atoms with Crippen molar-refractivity contribution in [2.24, 2.45) is 11.3 Å². The highest BCUT2D eigenvalue weighted by Crippen LogP contribution is 2.28. The van der Waals surface area contributed by atoms with Crippen molar-refractivity contribution < 1.29 is 4.79 Å². The largest absolute Gasteiger partial charge is 0.299 e. The van der Waals surface area contributed by atoms with Gasteiger partial charge in [0, 0.05) is 12.8 Å². The van der Waals surface area contributed by atoms with E-state index in [9.17, 15) is 4.79 Å². The molecule has 0 rings (SSSR count). The SMILES string of the molecule is C=C(C)CC(=O)CC(C)C(C)(C)C. The van der Waals surface area contributed by atoms with Crippen molar-refractivity contribution in [2.45, 2.75) is 47.5 Å². The molecule has 0 bridgehead atoms. The fourth-order valence-electron chi connectivity index (χ4n) is 1.06. The number of Topliss-reactive ketones (excluding diaryl/α,β-unsaturated/α-hetero) is 1. The molecular formula is C12H22O. The second-order valence-corrected chi connectivity index (χ2v) is 5.14. The van der Waals surface area contributed by atoms with Crippen LogP contribution in [0.15, 0.2) is 12.2 Å². The van der Waals surface area contributed by atoms with Crippen molar-refractivity contribution in [3.63, 3.8) is 0 Å². The Hall–Kier alpha value is -0.590. The standard InChI is InChI=1S/C12H22O/c1-9(2)7-11(13)8-10(3)12(4,5)6/h10H,1,7-8H2,2-6H3. The molecule has 1 heteroatoms. The van der Waals surface area contributed by atoms with Gasteiger partial charge in [0.1, 0.15) is 5.78 Å². The van der Waals surface area contributed by atoms with E-state index < -0.39 is 0 Å². The molecule has 0 aromatic heterocycles. The van der Waals surface area contributed by atoms with Gasteiger partial charge in [-0.25, -0.2) is 0 Å². The Bertz CT molecular complexity index is 196. The quantitative estimate of drug-likeness (QED) is 0.607. The third-order valence-electron chi connectivity index (χ3n) is 2.51. The minimum atomic E-state index is 0.227. The first-order valence-electron chi connectivity index (χ1n) is 4.89. The van der Waals surface area contributed by atoms with Crippen LogP contribution in [0.3, 0.4) is 0 Å². The highest BCUT2D eigenvalue weighted by molar-refractivity contribution is 5.80. The zero-order chi connectivity index (χ0) is 10.6. The normalized spacial score (nSPS) is 13.9. The van der Waals surface area contributed by atoms with E-state index in [2.05, 4.69) is 34.3 Å². The van der Waals surface area contributed by atoms with Crippen LogP contribution in [0.25, 0.3) is 0 Å². The van der Waals surface area contributed by atoms with E-state index in [4.69, 9.17) is 0 Å². The van der Waals surface area contributed by atoms with Crippen LogP contribution in [0, 0.1) is 11.3 Å². The van der Waals surface area contributed by atoms with Crippen LogP contribution in [0.1, 0.15) is 47.5 Å². The number of hydrogen-bond donors (Lipinski definition) is 0. The molecular weight excluding hydrogens is 160 g/mol. The summed E-state index contributed by atoms with van der Waals surface area (Å²) in [6, 6.07) is 0. The fourth-order valence-corrected chi connectivity index (χ4v) is 1.06. The molecule has 0 radical (unpaired) electrons. The number of ketones is 1. The molecule has 1 nitrogen and oxygen atoms in total. The average molecular weight is 182 g/mol. The lowest BCUT2D eigenvalue weighted by atomic mass is 9.79.